The zero-order valence-corrected chi connectivity index (χ0v) is 11.5. The number of rotatable bonds is 5. The molecular weight excluding hydrogens is 226 g/mol. The molecule has 2 atom stereocenters. The van der Waals surface area contributed by atoms with Crippen molar-refractivity contribution >= 4 is 11.8 Å². The molecule has 1 aliphatic heterocycles. The Labute approximate surface area is 109 Å². The summed E-state index contributed by atoms with van der Waals surface area (Å²) in [4.78, 5) is 1.46. The molecule has 2 heteroatoms. The van der Waals surface area contributed by atoms with Gasteiger partial charge in [-0.25, -0.2) is 0 Å². The summed E-state index contributed by atoms with van der Waals surface area (Å²) < 4.78 is 0. The molecule has 0 aliphatic carbocycles. The van der Waals surface area contributed by atoms with Crippen molar-refractivity contribution in [3.8, 4) is 0 Å². The van der Waals surface area contributed by atoms with Gasteiger partial charge in [0.25, 0.3) is 0 Å². The second-order valence-corrected chi connectivity index (χ2v) is 5.84. The number of thioether (sulfide) groups is 1. The lowest BCUT2D eigenvalue weighted by Gasteiger charge is -2.25. The maximum Gasteiger partial charge on any atom is 0.0181 e. The van der Waals surface area contributed by atoms with Crippen LogP contribution in [0, 0.1) is 0 Å². The van der Waals surface area contributed by atoms with Gasteiger partial charge in [-0.3, -0.25) is 0 Å². The lowest BCUT2D eigenvalue weighted by atomic mass is 9.89. The molecule has 1 nitrogen and oxygen atoms in total. The summed E-state index contributed by atoms with van der Waals surface area (Å²) in [6.07, 6.45) is 1.08. The molecule has 0 saturated carbocycles. The third-order valence-corrected chi connectivity index (χ3v) is 4.47. The van der Waals surface area contributed by atoms with Crippen molar-refractivity contribution in [1.82, 2.24) is 5.32 Å². The van der Waals surface area contributed by atoms with Gasteiger partial charge in [0.05, 0.1) is 0 Å². The molecule has 0 bridgehead atoms. The molecule has 92 valence electrons. The third kappa shape index (κ3) is 2.93. The summed E-state index contributed by atoms with van der Waals surface area (Å²) in [5, 5.41) is 3.62. The first-order chi connectivity index (χ1) is 8.22. The molecule has 1 aliphatic rings. The molecular formula is C15H21NS. The maximum atomic E-state index is 4.06. The molecule has 0 aromatic heterocycles. The number of benzene rings is 1. The van der Waals surface area contributed by atoms with E-state index in [0.717, 1.165) is 13.0 Å². The minimum Gasteiger partial charge on any atom is -0.313 e. The fourth-order valence-electron chi connectivity index (χ4n) is 2.51. The van der Waals surface area contributed by atoms with Crippen LogP contribution < -0.4 is 5.32 Å². The van der Waals surface area contributed by atoms with Gasteiger partial charge in [-0.2, -0.15) is 0 Å². The lowest BCUT2D eigenvalue weighted by Crippen LogP contribution is -2.35. The van der Waals surface area contributed by atoms with E-state index in [4.69, 9.17) is 0 Å². The van der Waals surface area contributed by atoms with E-state index in [-0.39, 0.29) is 0 Å². The Morgan fingerprint density at radius 3 is 3.00 bits per heavy atom. The Kier molecular flexibility index (Phi) is 4.30. The van der Waals surface area contributed by atoms with Gasteiger partial charge in [0.1, 0.15) is 0 Å². The van der Waals surface area contributed by atoms with Crippen LogP contribution in [0.2, 0.25) is 0 Å². The van der Waals surface area contributed by atoms with Crippen LogP contribution in [0.25, 0.3) is 0 Å². The van der Waals surface area contributed by atoms with Gasteiger partial charge in [-0.05, 0) is 31.5 Å². The van der Waals surface area contributed by atoms with Crippen LogP contribution in [-0.2, 0) is 0 Å². The summed E-state index contributed by atoms with van der Waals surface area (Å²) >= 11 is 1.99. The van der Waals surface area contributed by atoms with Crippen LogP contribution in [0.15, 0.2) is 41.3 Å². The topological polar surface area (TPSA) is 12.0 Å². The van der Waals surface area contributed by atoms with E-state index in [1.807, 2.05) is 11.8 Å². The van der Waals surface area contributed by atoms with Crippen molar-refractivity contribution in [2.45, 2.75) is 37.1 Å². The van der Waals surface area contributed by atoms with Crippen LogP contribution in [-0.4, -0.2) is 18.3 Å². The smallest absolute Gasteiger partial charge is 0.0181 e. The first-order valence-electron chi connectivity index (χ1n) is 6.32. The SMILES string of the molecule is C=C(C)CC(NCC)C1CSc2ccccc21. The Balaban J connectivity index is 2.18. The van der Waals surface area contributed by atoms with Crippen LogP contribution in [0.5, 0.6) is 0 Å². The molecule has 17 heavy (non-hydrogen) atoms. The van der Waals surface area contributed by atoms with E-state index < -0.39 is 0 Å². The maximum absolute atomic E-state index is 4.06. The van der Waals surface area contributed by atoms with Gasteiger partial charge in [0.2, 0.25) is 0 Å². The monoisotopic (exact) mass is 247 g/mol. The van der Waals surface area contributed by atoms with Gasteiger partial charge in [0.15, 0.2) is 0 Å². The first-order valence-corrected chi connectivity index (χ1v) is 7.30. The summed E-state index contributed by atoms with van der Waals surface area (Å²) in [6.45, 7) is 9.39. The highest BCUT2D eigenvalue weighted by Crippen LogP contribution is 2.42. The van der Waals surface area contributed by atoms with E-state index in [2.05, 4.69) is 50.0 Å². The molecule has 1 heterocycles. The Bertz CT molecular complexity index is 400. The Morgan fingerprint density at radius 2 is 2.29 bits per heavy atom. The number of nitrogens with one attached hydrogen (secondary N) is 1. The fourth-order valence-corrected chi connectivity index (χ4v) is 3.85. The third-order valence-electron chi connectivity index (χ3n) is 3.26. The van der Waals surface area contributed by atoms with Gasteiger partial charge >= 0.3 is 0 Å². The molecule has 2 rings (SSSR count). The van der Waals surface area contributed by atoms with E-state index in [1.54, 1.807) is 0 Å². The van der Waals surface area contributed by atoms with Crippen LogP contribution in [0.4, 0.5) is 0 Å². The predicted molar refractivity (Wildman–Crippen MR) is 76.8 cm³/mol. The molecule has 1 aromatic carbocycles. The highest BCUT2D eigenvalue weighted by atomic mass is 32.2. The first kappa shape index (κ1) is 12.7. The average Bonchev–Trinajstić information content (AvgIpc) is 2.71. The minimum absolute atomic E-state index is 0.536. The van der Waals surface area contributed by atoms with Crippen molar-refractivity contribution in [3.63, 3.8) is 0 Å². The van der Waals surface area contributed by atoms with Gasteiger partial charge < -0.3 is 5.32 Å². The van der Waals surface area contributed by atoms with Crippen molar-refractivity contribution in [3.05, 3.63) is 42.0 Å². The molecule has 1 N–H and O–H groups in total. The highest BCUT2D eigenvalue weighted by Gasteiger charge is 2.29. The largest absolute Gasteiger partial charge is 0.313 e. The van der Waals surface area contributed by atoms with E-state index >= 15 is 0 Å². The fraction of sp³-hybridized carbons (Fsp3) is 0.467. The molecule has 0 saturated heterocycles. The highest BCUT2D eigenvalue weighted by molar-refractivity contribution is 7.99. The predicted octanol–water partition coefficient (Wildman–Crippen LogP) is 3.82. The van der Waals surface area contributed by atoms with Crippen molar-refractivity contribution in [2.75, 3.05) is 12.3 Å². The number of fused-ring (bicyclic) bond motifs is 1. The number of hydrogen-bond donors (Lipinski definition) is 1. The molecule has 0 amide bonds. The molecule has 1 aromatic rings. The molecule has 0 spiro atoms. The summed E-state index contributed by atoms with van der Waals surface area (Å²) in [7, 11) is 0. The zero-order chi connectivity index (χ0) is 12.3. The van der Waals surface area contributed by atoms with Gasteiger partial charge in [0, 0.05) is 22.6 Å². The van der Waals surface area contributed by atoms with E-state index in [9.17, 15) is 0 Å². The van der Waals surface area contributed by atoms with Crippen LogP contribution in [0.3, 0.4) is 0 Å². The normalized spacial score (nSPS) is 20.0. The molecule has 0 radical (unpaired) electrons. The van der Waals surface area contributed by atoms with Crippen LogP contribution >= 0.6 is 11.8 Å². The molecule has 2 unspecified atom stereocenters. The van der Waals surface area contributed by atoms with E-state index in [0.29, 0.717) is 12.0 Å². The number of hydrogen-bond acceptors (Lipinski definition) is 2. The Morgan fingerprint density at radius 1 is 1.53 bits per heavy atom. The quantitative estimate of drug-likeness (QED) is 0.794. The summed E-state index contributed by atoms with van der Waals surface area (Å²) in [5.41, 5.74) is 2.79. The standard InChI is InChI=1S/C15H21NS/c1-4-16-14(9-11(2)3)13-10-17-15-8-6-5-7-12(13)15/h5-8,13-14,16H,2,4,9-10H2,1,3H3. The second kappa shape index (κ2) is 5.74. The summed E-state index contributed by atoms with van der Waals surface area (Å²) in [6, 6.07) is 9.34. The van der Waals surface area contributed by atoms with Crippen molar-refractivity contribution < 1.29 is 0 Å². The minimum atomic E-state index is 0.536. The summed E-state index contributed by atoms with van der Waals surface area (Å²) in [5.74, 6) is 1.83. The van der Waals surface area contributed by atoms with Crippen LogP contribution in [0.1, 0.15) is 31.7 Å². The van der Waals surface area contributed by atoms with Crippen molar-refractivity contribution in [1.29, 1.82) is 0 Å². The van der Waals surface area contributed by atoms with Gasteiger partial charge in [-0.1, -0.05) is 30.7 Å². The Hall–Kier alpha value is -0.730. The number of likely N-dealkylation sites (N-methyl/N-ethyl adjacent to an activating group) is 1. The molecule has 0 fully saturated rings. The second-order valence-electron chi connectivity index (χ2n) is 4.78. The van der Waals surface area contributed by atoms with Gasteiger partial charge in [-0.15, -0.1) is 18.3 Å². The van der Waals surface area contributed by atoms with Crippen molar-refractivity contribution in [2.24, 2.45) is 0 Å². The average molecular weight is 247 g/mol. The zero-order valence-electron chi connectivity index (χ0n) is 10.7. The van der Waals surface area contributed by atoms with E-state index in [1.165, 1.54) is 21.8 Å². The lowest BCUT2D eigenvalue weighted by molar-refractivity contribution is 0.462.